The zero-order chi connectivity index (χ0) is 24.2. The number of ether oxygens (including phenoxy) is 1. The molecule has 1 aliphatic rings. The van der Waals surface area contributed by atoms with Gasteiger partial charge in [0.15, 0.2) is 0 Å². The maximum absolute atomic E-state index is 12.9. The van der Waals surface area contributed by atoms with E-state index in [1.165, 1.54) is 0 Å². The number of rotatable bonds is 9. The molecule has 0 spiro atoms. The topological polar surface area (TPSA) is 105 Å². The fourth-order valence-electron chi connectivity index (χ4n) is 4.13. The number of carbonyl (C=O) groups is 3. The van der Waals surface area contributed by atoms with Crippen molar-refractivity contribution in [1.82, 2.24) is 10.6 Å². The minimum atomic E-state index is -1.23. The Morgan fingerprint density at radius 3 is 2.06 bits per heavy atom. The molecule has 2 amide bonds. The van der Waals surface area contributed by atoms with Gasteiger partial charge >= 0.3 is 12.1 Å². The maximum Gasteiger partial charge on any atom is 0.408 e. The van der Waals surface area contributed by atoms with E-state index in [-0.39, 0.29) is 24.9 Å². The average molecular weight is 453 g/mol. The monoisotopic (exact) mass is 452 g/mol. The molecule has 2 atom stereocenters. The molecule has 0 heterocycles. The van der Waals surface area contributed by atoms with Crippen molar-refractivity contribution in [1.29, 1.82) is 0 Å². The summed E-state index contributed by atoms with van der Waals surface area (Å²) < 4.78 is 5.58. The van der Waals surface area contributed by atoms with Crippen LogP contribution in [0.3, 0.4) is 0 Å². The van der Waals surface area contributed by atoms with Gasteiger partial charge in [-0.1, -0.05) is 69.3 Å². The summed E-state index contributed by atoms with van der Waals surface area (Å²) in [5.41, 5.74) is 3.26. The van der Waals surface area contributed by atoms with Crippen LogP contribution in [0.15, 0.2) is 48.5 Å². The third kappa shape index (κ3) is 5.35. The number of carbonyl (C=O) groups excluding carboxylic acids is 2. The number of hydrogen-bond donors (Lipinski definition) is 3. The van der Waals surface area contributed by atoms with Crippen LogP contribution in [0.4, 0.5) is 4.79 Å². The highest BCUT2D eigenvalue weighted by Gasteiger charge is 2.36. The number of carboxylic acids is 1. The molecule has 2 aromatic carbocycles. The fourth-order valence-corrected chi connectivity index (χ4v) is 4.13. The van der Waals surface area contributed by atoms with Gasteiger partial charge in [0.25, 0.3) is 0 Å². The molecular weight excluding hydrogens is 420 g/mol. The van der Waals surface area contributed by atoms with Gasteiger partial charge in [0, 0.05) is 12.0 Å². The summed E-state index contributed by atoms with van der Waals surface area (Å²) in [6.07, 6.45) is -0.551. The van der Waals surface area contributed by atoms with Crippen LogP contribution in [-0.2, 0) is 14.3 Å². The summed E-state index contributed by atoms with van der Waals surface area (Å²) in [6.45, 7) is 7.23. The highest BCUT2D eigenvalue weighted by Crippen LogP contribution is 2.44. The average Bonchev–Trinajstić information content (AvgIpc) is 3.10. The number of benzene rings is 2. The fraction of sp³-hybridized carbons (Fsp3) is 0.423. The Hall–Kier alpha value is -3.35. The standard InChI is InChI=1S/C26H32N2O5/c1-5-26(4,24(31)27-22(16(2)3)14-23(29)30)28-25(32)33-15-21-19-12-8-6-10-17(19)18-11-7-9-13-20(18)21/h6-13,16,21-22H,5,14-15H2,1-4H3,(H,27,31)(H,28,32)(H,29,30)/t22-,26?/m1/s1. The lowest BCUT2D eigenvalue weighted by Gasteiger charge is -2.31. The predicted octanol–water partition coefficient (Wildman–Crippen LogP) is 4.31. The van der Waals surface area contributed by atoms with E-state index in [2.05, 4.69) is 22.8 Å². The first kappa shape index (κ1) is 24.3. The molecular formula is C26H32N2O5. The van der Waals surface area contributed by atoms with Crippen molar-refractivity contribution in [3.8, 4) is 11.1 Å². The smallest absolute Gasteiger partial charge is 0.408 e. The first-order valence-corrected chi connectivity index (χ1v) is 11.3. The number of fused-ring (bicyclic) bond motifs is 3. The highest BCUT2D eigenvalue weighted by atomic mass is 16.5. The van der Waals surface area contributed by atoms with Gasteiger partial charge in [0.2, 0.25) is 5.91 Å². The molecule has 0 saturated carbocycles. The third-order valence-corrected chi connectivity index (χ3v) is 6.45. The van der Waals surface area contributed by atoms with Crippen LogP contribution < -0.4 is 10.6 Å². The molecule has 33 heavy (non-hydrogen) atoms. The first-order valence-electron chi connectivity index (χ1n) is 11.3. The SMILES string of the molecule is CCC(C)(NC(=O)OCC1c2ccccc2-c2ccccc21)C(=O)N[C@H](CC(=O)O)C(C)C. The van der Waals surface area contributed by atoms with Gasteiger partial charge in [-0.25, -0.2) is 4.79 Å². The minimum absolute atomic E-state index is 0.0689. The van der Waals surface area contributed by atoms with Crippen molar-refractivity contribution in [2.75, 3.05) is 6.61 Å². The van der Waals surface area contributed by atoms with Crippen LogP contribution in [0.5, 0.6) is 0 Å². The van der Waals surface area contributed by atoms with Crippen molar-refractivity contribution < 1.29 is 24.2 Å². The van der Waals surface area contributed by atoms with Gasteiger partial charge < -0.3 is 20.5 Å². The lowest BCUT2D eigenvalue weighted by molar-refractivity contribution is -0.138. The van der Waals surface area contributed by atoms with E-state index in [1.807, 2.05) is 50.2 Å². The molecule has 0 fully saturated rings. The molecule has 0 bridgehead atoms. The second kappa shape index (κ2) is 10.1. The number of aliphatic carboxylic acids is 1. The van der Waals surface area contributed by atoms with Gasteiger partial charge in [-0.15, -0.1) is 0 Å². The zero-order valence-electron chi connectivity index (χ0n) is 19.6. The Bertz CT molecular complexity index is 989. The maximum atomic E-state index is 12.9. The molecule has 1 aliphatic carbocycles. The molecule has 3 N–H and O–H groups in total. The molecule has 2 aromatic rings. The van der Waals surface area contributed by atoms with Crippen molar-refractivity contribution in [3.63, 3.8) is 0 Å². The molecule has 0 aliphatic heterocycles. The van der Waals surface area contributed by atoms with E-state index in [0.717, 1.165) is 22.3 Å². The summed E-state index contributed by atoms with van der Waals surface area (Å²) in [6, 6.07) is 15.6. The lowest BCUT2D eigenvalue weighted by atomic mass is 9.94. The molecule has 176 valence electrons. The minimum Gasteiger partial charge on any atom is -0.481 e. The lowest BCUT2D eigenvalue weighted by Crippen LogP contribution is -2.59. The first-order chi connectivity index (χ1) is 15.7. The largest absolute Gasteiger partial charge is 0.481 e. The molecule has 0 saturated heterocycles. The number of alkyl carbamates (subject to hydrolysis) is 1. The summed E-state index contributed by atoms with van der Waals surface area (Å²) in [5, 5.41) is 14.6. The number of amides is 2. The van der Waals surface area contributed by atoms with Gasteiger partial charge in [0.1, 0.15) is 12.1 Å². The summed E-state index contributed by atoms with van der Waals surface area (Å²) in [5.74, 6) is -1.57. The van der Waals surface area contributed by atoms with Crippen LogP contribution >= 0.6 is 0 Å². The van der Waals surface area contributed by atoms with Gasteiger partial charge in [-0.2, -0.15) is 0 Å². The van der Waals surface area contributed by atoms with Crippen LogP contribution in [-0.4, -0.2) is 41.3 Å². The Morgan fingerprint density at radius 2 is 1.58 bits per heavy atom. The normalized spacial score (nSPS) is 15.2. The van der Waals surface area contributed by atoms with Crippen LogP contribution in [0.2, 0.25) is 0 Å². The van der Waals surface area contributed by atoms with E-state index in [1.54, 1.807) is 13.8 Å². The number of carboxylic acid groups (broad SMARTS) is 1. The quantitative estimate of drug-likeness (QED) is 0.526. The second-order valence-corrected chi connectivity index (χ2v) is 9.06. The van der Waals surface area contributed by atoms with Crippen molar-refractivity contribution in [3.05, 3.63) is 59.7 Å². The van der Waals surface area contributed by atoms with E-state index >= 15 is 0 Å². The summed E-state index contributed by atoms with van der Waals surface area (Å²) in [4.78, 5) is 36.8. The Labute approximate surface area is 194 Å². The van der Waals surface area contributed by atoms with Crippen LogP contribution in [0, 0.1) is 5.92 Å². The van der Waals surface area contributed by atoms with E-state index in [9.17, 15) is 14.4 Å². The Kier molecular flexibility index (Phi) is 7.41. The Balaban J connectivity index is 1.67. The Morgan fingerprint density at radius 1 is 1.03 bits per heavy atom. The van der Waals surface area contributed by atoms with Gasteiger partial charge in [-0.05, 0) is 41.5 Å². The molecule has 3 rings (SSSR count). The van der Waals surface area contributed by atoms with Crippen molar-refractivity contribution >= 4 is 18.0 Å². The second-order valence-electron chi connectivity index (χ2n) is 9.06. The molecule has 1 unspecified atom stereocenters. The predicted molar refractivity (Wildman–Crippen MR) is 126 cm³/mol. The molecule has 0 aromatic heterocycles. The number of nitrogens with one attached hydrogen (secondary N) is 2. The van der Waals surface area contributed by atoms with Gasteiger partial charge in [0.05, 0.1) is 6.42 Å². The molecule has 7 heteroatoms. The van der Waals surface area contributed by atoms with Crippen LogP contribution in [0.1, 0.15) is 57.6 Å². The molecule has 0 radical (unpaired) electrons. The van der Waals surface area contributed by atoms with Crippen molar-refractivity contribution in [2.24, 2.45) is 5.92 Å². The van der Waals surface area contributed by atoms with Crippen molar-refractivity contribution in [2.45, 2.75) is 58.0 Å². The van der Waals surface area contributed by atoms with Gasteiger partial charge in [-0.3, -0.25) is 9.59 Å². The zero-order valence-corrected chi connectivity index (χ0v) is 19.6. The number of hydrogen-bond acceptors (Lipinski definition) is 4. The van der Waals surface area contributed by atoms with E-state index < -0.39 is 29.6 Å². The molecule has 7 nitrogen and oxygen atoms in total. The van der Waals surface area contributed by atoms with E-state index in [4.69, 9.17) is 9.84 Å². The van der Waals surface area contributed by atoms with Crippen LogP contribution in [0.25, 0.3) is 11.1 Å². The highest BCUT2D eigenvalue weighted by molar-refractivity contribution is 5.90. The summed E-state index contributed by atoms with van der Waals surface area (Å²) in [7, 11) is 0. The summed E-state index contributed by atoms with van der Waals surface area (Å²) >= 11 is 0. The van der Waals surface area contributed by atoms with E-state index in [0.29, 0.717) is 6.42 Å². The third-order valence-electron chi connectivity index (χ3n) is 6.45.